The molecule has 8 heteroatoms. The Morgan fingerprint density at radius 3 is 2.62 bits per heavy atom. The lowest BCUT2D eigenvalue weighted by atomic mass is 10.1. The Bertz CT molecular complexity index is 496. The zero-order chi connectivity index (χ0) is 12.3. The van der Waals surface area contributed by atoms with Crippen LogP contribution >= 0.6 is 0 Å². The van der Waals surface area contributed by atoms with E-state index in [-0.39, 0.29) is 6.29 Å². The molecule has 0 spiro atoms. The first-order valence-corrected chi connectivity index (χ1v) is 3.84. The molecular weight excluding hydrogens is 224 g/mol. The van der Waals surface area contributed by atoms with Gasteiger partial charge in [0.2, 0.25) is 0 Å². The van der Waals surface area contributed by atoms with Crippen molar-refractivity contribution in [2.24, 2.45) is 0 Å². The summed E-state index contributed by atoms with van der Waals surface area (Å²) in [6.07, 6.45) is -3.03. The minimum Gasteiger partial charge on any atom is -0.296 e. The Morgan fingerprint density at radius 1 is 1.62 bits per heavy atom. The maximum absolute atomic E-state index is 12.4. The molecule has 0 aliphatic carbocycles. The number of aromatic nitrogens is 1. The van der Waals surface area contributed by atoms with Gasteiger partial charge in [0.25, 0.3) is 12.1 Å². The average Bonchev–Trinajstić information content (AvgIpc) is 2.26. The third-order valence-electron chi connectivity index (χ3n) is 1.71. The highest BCUT2D eigenvalue weighted by Gasteiger charge is 2.23. The number of nitro groups is 1. The predicted octanol–water partition coefficient (Wildman–Crippen LogP) is 1.61. The van der Waals surface area contributed by atoms with Crippen LogP contribution in [0.5, 0.6) is 0 Å². The number of nitriles is 1. The first kappa shape index (κ1) is 11.6. The van der Waals surface area contributed by atoms with Crippen molar-refractivity contribution in [3.63, 3.8) is 0 Å². The van der Waals surface area contributed by atoms with Crippen molar-refractivity contribution in [1.29, 1.82) is 5.26 Å². The SMILES string of the molecule is N#Cc1nc(C=O)c([N+](=O)[O-])cc1C(F)F. The molecule has 0 saturated carbocycles. The van der Waals surface area contributed by atoms with Gasteiger partial charge in [-0.2, -0.15) is 5.26 Å². The second kappa shape index (κ2) is 4.39. The predicted molar refractivity (Wildman–Crippen MR) is 46.0 cm³/mol. The van der Waals surface area contributed by atoms with Gasteiger partial charge in [-0.1, -0.05) is 0 Å². The first-order chi connectivity index (χ1) is 7.51. The molecule has 0 aliphatic heterocycles. The van der Waals surface area contributed by atoms with Crippen molar-refractivity contribution in [3.05, 3.63) is 33.1 Å². The Morgan fingerprint density at radius 2 is 2.25 bits per heavy atom. The fourth-order valence-corrected chi connectivity index (χ4v) is 1.02. The van der Waals surface area contributed by atoms with Gasteiger partial charge in [0, 0.05) is 6.07 Å². The molecule has 0 aromatic carbocycles. The van der Waals surface area contributed by atoms with E-state index in [1.807, 2.05) is 0 Å². The highest BCUT2D eigenvalue weighted by molar-refractivity contribution is 5.79. The van der Waals surface area contributed by atoms with E-state index in [0.717, 1.165) is 0 Å². The van der Waals surface area contributed by atoms with E-state index in [9.17, 15) is 23.7 Å². The van der Waals surface area contributed by atoms with Gasteiger partial charge >= 0.3 is 0 Å². The number of pyridine rings is 1. The number of carbonyl (C=O) groups excluding carboxylic acids is 1. The van der Waals surface area contributed by atoms with Crippen molar-refractivity contribution in [2.75, 3.05) is 0 Å². The topological polar surface area (TPSA) is 96.9 Å². The molecule has 1 aromatic rings. The summed E-state index contributed by atoms with van der Waals surface area (Å²) in [4.78, 5) is 23.0. The van der Waals surface area contributed by atoms with Crippen LogP contribution in [0.2, 0.25) is 0 Å². The smallest absolute Gasteiger partial charge is 0.296 e. The first-order valence-electron chi connectivity index (χ1n) is 3.84. The van der Waals surface area contributed by atoms with Gasteiger partial charge in [-0.25, -0.2) is 13.8 Å². The summed E-state index contributed by atoms with van der Waals surface area (Å²) in [6.45, 7) is 0. The standard InChI is InChI=1S/C8H3F2N3O3/c9-8(10)4-1-7(13(15)16)6(3-14)12-5(4)2-11/h1,3,8H. The zero-order valence-electron chi connectivity index (χ0n) is 7.55. The van der Waals surface area contributed by atoms with Gasteiger partial charge in [0.1, 0.15) is 6.07 Å². The highest BCUT2D eigenvalue weighted by atomic mass is 19.3. The molecule has 0 saturated heterocycles. The Labute approximate surface area is 87.3 Å². The minimum absolute atomic E-state index is 0.0359. The molecule has 16 heavy (non-hydrogen) atoms. The molecule has 0 aliphatic rings. The molecular formula is C8H3F2N3O3. The third-order valence-corrected chi connectivity index (χ3v) is 1.71. The Hall–Kier alpha value is -2.43. The van der Waals surface area contributed by atoms with E-state index in [1.165, 1.54) is 6.07 Å². The summed E-state index contributed by atoms with van der Waals surface area (Å²) in [5.41, 5.74) is -3.04. The number of alkyl halides is 2. The Balaban J connectivity index is 3.54. The lowest BCUT2D eigenvalue weighted by Gasteiger charge is -2.02. The Kier molecular flexibility index (Phi) is 3.20. The number of hydrogen-bond donors (Lipinski definition) is 0. The van der Waals surface area contributed by atoms with Crippen LogP contribution < -0.4 is 0 Å². The third kappa shape index (κ3) is 1.98. The minimum atomic E-state index is -3.07. The number of carbonyl (C=O) groups is 1. The van der Waals surface area contributed by atoms with E-state index in [4.69, 9.17) is 5.26 Å². The number of aldehydes is 1. The van der Waals surface area contributed by atoms with Crippen LogP contribution in [0.3, 0.4) is 0 Å². The van der Waals surface area contributed by atoms with Crippen molar-refractivity contribution in [1.82, 2.24) is 4.98 Å². The highest BCUT2D eigenvalue weighted by Crippen LogP contribution is 2.27. The largest absolute Gasteiger partial charge is 0.298 e. The second-order valence-corrected chi connectivity index (χ2v) is 2.62. The molecule has 0 amide bonds. The molecule has 0 fully saturated rings. The number of nitrogens with zero attached hydrogens (tertiary/aromatic N) is 3. The number of rotatable bonds is 3. The molecule has 0 radical (unpaired) electrons. The van der Waals surface area contributed by atoms with Gasteiger partial charge < -0.3 is 0 Å². The maximum Gasteiger partial charge on any atom is 0.298 e. The molecule has 1 rings (SSSR count). The molecule has 82 valence electrons. The van der Waals surface area contributed by atoms with Gasteiger partial charge in [-0.3, -0.25) is 14.9 Å². The van der Waals surface area contributed by atoms with Crippen molar-refractivity contribution >= 4 is 12.0 Å². The van der Waals surface area contributed by atoms with Crippen LogP contribution in [-0.2, 0) is 0 Å². The number of halogens is 2. The van der Waals surface area contributed by atoms with E-state index in [1.54, 1.807) is 0 Å². The van der Waals surface area contributed by atoms with Crippen LogP contribution in [0.1, 0.15) is 28.2 Å². The lowest BCUT2D eigenvalue weighted by molar-refractivity contribution is -0.385. The van der Waals surface area contributed by atoms with Crippen molar-refractivity contribution in [3.8, 4) is 6.07 Å². The quantitative estimate of drug-likeness (QED) is 0.443. The molecule has 0 bridgehead atoms. The normalized spacial score (nSPS) is 9.88. The molecule has 0 unspecified atom stereocenters. The molecule has 0 atom stereocenters. The van der Waals surface area contributed by atoms with Crippen LogP contribution in [0.4, 0.5) is 14.5 Å². The van der Waals surface area contributed by atoms with Crippen LogP contribution in [0.15, 0.2) is 6.07 Å². The van der Waals surface area contributed by atoms with Crippen LogP contribution in [0.25, 0.3) is 0 Å². The summed E-state index contributed by atoms with van der Waals surface area (Å²) in [5.74, 6) is 0. The summed E-state index contributed by atoms with van der Waals surface area (Å²) in [6, 6.07) is 1.83. The maximum atomic E-state index is 12.4. The summed E-state index contributed by atoms with van der Waals surface area (Å²) >= 11 is 0. The monoisotopic (exact) mass is 227 g/mol. The second-order valence-electron chi connectivity index (χ2n) is 2.62. The zero-order valence-corrected chi connectivity index (χ0v) is 7.55. The fourth-order valence-electron chi connectivity index (χ4n) is 1.02. The number of hydrogen-bond acceptors (Lipinski definition) is 5. The van der Waals surface area contributed by atoms with Crippen LogP contribution in [0, 0.1) is 21.4 Å². The summed E-state index contributed by atoms with van der Waals surface area (Å²) < 4.78 is 24.8. The van der Waals surface area contributed by atoms with Crippen molar-refractivity contribution in [2.45, 2.75) is 6.43 Å². The molecule has 0 N–H and O–H groups in total. The van der Waals surface area contributed by atoms with E-state index >= 15 is 0 Å². The summed E-state index contributed by atoms with van der Waals surface area (Å²) in [5, 5.41) is 18.9. The molecule has 1 aromatic heterocycles. The van der Waals surface area contributed by atoms with Gasteiger partial charge in [0.15, 0.2) is 17.7 Å². The summed E-state index contributed by atoms with van der Waals surface area (Å²) in [7, 11) is 0. The van der Waals surface area contributed by atoms with E-state index in [0.29, 0.717) is 6.07 Å². The average molecular weight is 227 g/mol. The van der Waals surface area contributed by atoms with Gasteiger partial charge in [-0.05, 0) is 0 Å². The fraction of sp³-hybridized carbons (Fsp3) is 0.125. The van der Waals surface area contributed by atoms with E-state index in [2.05, 4.69) is 4.98 Å². The van der Waals surface area contributed by atoms with Gasteiger partial charge in [0.05, 0.1) is 10.5 Å². The van der Waals surface area contributed by atoms with Crippen molar-refractivity contribution < 1.29 is 18.5 Å². The van der Waals surface area contributed by atoms with E-state index < -0.39 is 34.0 Å². The van der Waals surface area contributed by atoms with Gasteiger partial charge in [-0.15, -0.1) is 0 Å². The molecule has 1 heterocycles. The lowest BCUT2D eigenvalue weighted by Crippen LogP contribution is -2.03. The van der Waals surface area contributed by atoms with Crippen LogP contribution in [-0.4, -0.2) is 16.2 Å². The molecule has 6 nitrogen and oxygen atoms in total.